The van der Waals surface area contributed by atoms with Crippen LogP contribution < -0.4 is 16.4 Å². The van der Waals surface area contributed by atoms with Crippen LogP contribution in [0.2, 0.25) is 0 Å². The Bertz CT molecular complexity index is 802. The highest BCUT2D eigenvalue weighted by Gasteiger charge is 2.16. The summed E-state index contributed by atoms with van der Waals surface area (Å²) in [6, 6.07) is 5.16. The maximum absolute atomic E-state index is 12.1. The molecule has 0 radical (unpaired) electrons. The molecule has 2 rings (SSSR count). The molecule has 0 aliphatic heterocycles. The summed E-state index contributed by atoms with van der Waals surface area (Å²) in [6.07, 6.45) is 0. The molecule has 1 aromatic carbocycles. The number of hydrogen-bond donors (Lipinski definition) is 3. The standard InChI is InChI=1S/C16H21N5O3S/c1-9-4-5-11-12(6-9)25-16(19-11)20-13(22)8-21(3)14(23)7-18-15(24)10(2)17/h4-6,10H,7-8,17H2,1-3H3,(H,18,24)(H,19,20,22). The van der Waals surface area contributed by atoms with Gasteiger partial charge in [-0.15, -0.1) is 0 Å². The van der Waals surface area contributed by atoms with Crippen LogP contribution in [0.5, 0.6) is 0 Å². The van der Waals surface area contributed by atoms with E-state index in [4.69, 9.17) is 5.73 Å². The van der Waals surface area contributed by atoms with E-state index in [1.165, 1.54) is 30.2 Å². The van der Waals surface area contributed by atoms with E-state index >= 15 is 0 Å². The highest BCUT2D eigenvalue weighted by molar-refractivity contribution is 7.22. The average Bonchev–Trinajstić information content (AvgIpc) is 2.92. The summed E-state index contributed by atoms with van der Waals surface area (Å²) >= 11 is 1.38. The molecule has 25 heavy (non-hydrogen) atoms. The van der Waals surface area contributed by atoms with E-state index in [1.807, 2.05) is 25.1 Å². The van der Waals surface area contributed by atoms with Crippen molar-refractivity contribution < 1.29 is 14.4 Å². The SMILES string of the molecule is Cc1ccc2nc(NC(=O)CN(C)C(=O)CNC(=O)C(C)N)sc2c1. The first kappa shape index (κ1) is 18.8. The predicted molar refractivity (Wildman–Crippen MR) is 97.3 cm³/mol. The zero-order chi connectivity index (χ0) is 18.6. The molecule has 134 valence electrons. The molecular weight excluding hydrogens is 342 g/mol. The molecular formula is C16H21N5O3S. The van der Waals surface area contributed by atoms with Crippen molar-refractivity contribution in [2.24, 2.45) is 5.73 Å². The number of rotatable bonds is 6. The van der Waals surface area contributed by atoms with E-state index in [0.717, 1.165) is 15.8 Å². The number of benzene rings is 1. The lowest BCUT2D eigenvalue weighted by Crippen LogP contribution is -2.45. The average molecular weight is 363 g/mol. The van der Waals surface area contributed by atoms with Crippen molar-refractivity contribution in [1.82, 2.24) is 15.2 Å². The number of thiazole rings is 1. The molecule has 0 bridgehead atoms. The van der Waals surface area contributed by atoms with Crippen LogP contribution in [0.25, 0.3) is 10.2 Å². The largest absolute Gasteiger partial charge is 0.346 e. The van der Waals surface area contributed by atoms with E-state index in [1.54, 1.807) is 0 Å². The molecule has 1 heterocycles. The van der Waals surface area contributed by atoms with Crippen molar-refractivity contribution in [1.29, 1.82) is 0 Å². The molecule has 0 aliphatic rings. The summed E-state index contributed by atoms with van der Waals surface area (Å²) in [5, 5.41) is 5.58. The topological polar surface area (TPSA) is 117 Å². The number of carbonyl (C=O) groups excluding carboxylic acids is 3. The van der Waals surface area contributed by atoms with Crippen molar-refractivity contribution in [3.05, 3.63) is 23.8 Å². The summed E-state index contributed by atoms with van der Waals surface area (Å²) in [5.74, 6) is -1.16. The Morgan fingerprint density at radius 3 is 2.76 bits per heavy atom. The van der Waals surface area contributed by atoms with Crippen LogP contribution in [-0.4, -0.2) is 53.8 Å². The Morgan fingerprint density at radius 1 is 1.36 bits per heavy atom. The number of anilines is 1. The Labute approximate surface area is 149 Å². The van der Waals surface area contributed by atoms with Gasteiger partial charge in [-0.3, -0.25) is 14.4 Å². The quantitative estimate of drug-likeness (QED) is 0.689. The Morgan fingerprint density at radius 2 is 2.08 bits per heavy atom. The van der Waals surface area contributed by atoms with E-state index < -0.39 is 11.9 Å². The second kappa shape index (κ2) is 8.04. The molecule has 2 aromatic rings. The lowest BCUT2D eigenvalue weighted by molar-refractivity contribution is -0.134. The summed E-state index contributed by atoms with van der Waals surface area (Å²) in [4.78, 5) is 40.9. The van der Waals surface area contributed by atoms with Crippen LogP contribution in [0.3, 0.4) is 0 Å². The minimum Gasteiger partial charge on any atom is -0.346 e. The number of aryl methyl sites for hydroxylation is 1. The summed E-state index contributed by atoms with van der Waals surface area (Å²) in [5.41, 5.74) is 7.33. The molecule has 8 nitrogen and oxygen atoms in total. The monoisotopic (exact) mass is 363 g/mol. The third-order valence-electron chi connectivity index (χ3n) is 3.42. The highest BCUT2D eigenvalue weighted by atomic mass is 32.1. The normalized spacial score (nSPS) is 11.8. The molecule has 1 unspecified atom stereocenters. The van der Waals surface area contributed by atoms with E-state index in [9.17, 15) is 14.4 Å². The van der Waals surface area contributed by atoms with Gasteiger partial charge in [-0.2, -0.15) is 0 Å². The van der Waals surface area contributed by atoms with E-state index in [0.29, 0.717) is 5.13 Å². The van der Waals surface area contributed by atoms with Crippen molar-refractivity contribution in [3.8, 4) is 0 Å². The third kappa shape index (κ3) is 5.23. The lowest BCUT2D eigenvalue weighted by atomic mass is 10.2. The summed E-state index contributed by atoms with van der Waals surface area (Å²) < 4.78 is 0.985. The zero-order valence-corrected chi connectivity index (χ0v) is 15.1. The van der Waals surface area contributed by atoms with Gasteiger partial charge in [-0.25, -0.2) is 4.98 Å². The molecule has 0 aliphatic carbocycles. The molecule has 1 atom stereocenters. The van der Waals surface area contributed by atoms with Crippen LogP contribution in [0.4, 0.5) is 5.13 Å². The van der Waals surface area contributed by atoms with Crippen molar-refractivity contribution in [3.63, 3.8) is 0 Å². The van der Waals surface area contributed by atoms with Gasteiger partial charge in [0.2, 0.25) is 17.7 Å². The Balaban J connectivity index is 1.87. The number of amides is 3. The molecule has 1 aromatic heterocycles. The predicted octanol–water partition coefficient (Wildman–Crippen LogP) is 0.465. The third-order valence-corrected chi connectivity index (χ3v) is 4.36. The summed E-state index contributed by atoms with van der Waals surface area (Å²) in [6.45, 7) is 3.17. The van der Waals surface area contributed by atoms with Crippen molar-refractivity contribution >= 4 is 44.4 Å². The highest BCUT2D eigenvalue weighted by Crippen LogP contribution is 2.26. The van der Waals surface area contributed by atoms with Crippen molar-refractivity contribution in [2.75, 3.05) is 25.5 Å². The van der Waals surface area contributed by atoms with Crippen LogP contribution in [0.15, 0.2) is 18.2 Å². The van der Waals surface area contributed by atoms with Gasteiger partial charge in [0, 0.05) is 7.05 Å². The van der Waals surface area contributed by atoms with Gasteiger partial charge in [0.25, 0.3) is 0 Å². The molecule has 0 spiro atoms. The molecule has 0 fully saturated rings. The van der Waals surface area contributed by atoms with Gasteiger partial charge >= 0.3 is 0 Å². The number of nitrogens with zero attached hydrogens (tertiary/aromatic N) is 2. The summed E-state index contributed by atoms with van der Waals surface area (Å²) in [7, 11) is 1.49. The number of nitrogens with two attached hydrogens (primary N) is 1. The second-order valence-electron chi connectivity index (χ2n) is 5.79. The molecule has 9 heteroatoms. The first-order chi connectivity index (χ1) is 11.8. The van der Waals surface area contributed by atoms with Crippen molar-refractivity contribution in [2.45, 2.75) is 19.9 Å². The Hall–Kier alpha value is -2.52. The van der Waals surface area contributed by atoms with Crippen LogP contribution in [-0.2, 0) is 14.4 Å². The fourth-order valence-electron chi connectivity index (χ4n) is 2.01. The van der Waals surface area contributed by atoms with E-state index in [2.05, 4.69) is 15.6 Å². The van der Waals surface area contributed by atoms with Crippen LogP contribution >= 0.6 is 11.3 Å². The zero-order valence-electron chi connectivity index (χ0n) is 14.3. The first-order valence-corrected chi connectivity index (χ1v) is 8.52. The number of hydrogen-bond acceptors (Lipinski definition) is 6. The van der Waals surface area contributed by atoms with Crippen LogP contribution in [0, 0.1) is 6.92 Å². The maximum atomic E-state index is 12.1. The second-order valence-corrected chi connectivity index (χ2v) is 6.83. The Kier molecular flexibility index (Phi) is 6.05. The number of fused-ring (bicyclic) bond motifs is 1. The lowest BCUT2D eigenvalue weighted by Gasteiger charge is -2.17. The smallest absolute Gasteiger partial charge is 0.245 e. The molecule has 0 saturated carbocycles. The molecule has 0 saturated heterocycles. The number of carbonyl (C=O) groups is 3. The fraction of sp³-hybridized carbons (Fsp3) is 0.375. The number of aromatic nitrogens is 1. The van der Waals surface area contributed by atoms with Gasteiger partial charge < -0.3 is 21.3 Å². The van der Waals surface area contributed by atoms with Gasteiger partial charge in [0.15, 0.2) is 5.13 Å². The van der Waals surface area contributed by atoms with Gasteiger partial charge in [0.1, 0.15) is 0 Å². The number of likely N-dealkylation sites (N-methyl/N-ethyl adjacent to an activating group) is 1. The van der Waals surface area contributed by atoms with Crippen LogP contribution in [0.1, 0.15) is 12.5 Å². The van der Waals surface area contributed by atoms with E-state index in [-0.39, 0.29) is 24.9 Å². The van der Waals surface area contributed by atoms with Gasteiger partial charge in [-0.05, 0) is 31.5 Å². The minimum atomic E-state index is -0.691. The fourth-order valence-corrected chi connectivity index (χ4v) is 2.99. The van der Waals surface area contributed by atoms with Gasteiger partial charge in [-0.1, -0.05) is 17.4 Å². The molecule has 4 N–H and O–H groups in total. The maximum Gasteiger partial charge on any atom is 0.245 e. The first-order valence-electron chi connectivity index (χ1n) is 7.70. The minimum absolute atomic E-state index is 0.137. The van der Waals surface area contributed by atoms with Gasteiger partial charge in [0.05, 0.1) is 29.3 Å². The molecule has 3 amide bonds. The number of nitrogens with one attached hydrogen (secondary N) is 2.